The van der Waals surface area contributed by atoms with Crippen molar-refractivity contribution < 1.29 is 9.13 Å². The molecule has 0 saturated carbocycles. The smallest absolute Gasteiger partial charge is 0.213 e. The summed E-state index contributed by atoms with van der Waals surface area (Å²) in [6, 6.07) is 9.09. The summed E-state index contributed by atoms with van der Waals surface area (Å²) < 4.78 is 18.4. The molecule has 0 fully saturated rings. The lowest BCUT2D eigenvalue weighted by molar-refractivity contribution is 0.397. The highest BCUT2D eigenvalue weighted by Crippen LogP contribution is 2.10. The maximum atomic E-state index is 13.4. The van der Waals surface area contributed by atoms with E-state index >= 15 is 0 Å². The first kappa shape index (κ1) is 13.5. The Morgan fingerprint density at radius 2 is 1.89 bits per heavy atom. The standard InChI is InChI=1S/C15H17FN2O/c1-11-3-4-12(7-14(11)16)9-17-10-13-5-6-18-15(8-13)19-2/h3-8,17H,9-10H2,1-2H3. The van der Waals surface area contributed by atoms with Gasteiger partial charge in [0.05, 0.1) is 7.11 Å². The van der Waals surface area contributed by atoms with Crippen LogP contribution in [-0.4, -0.2) is 12.1 Å². The molecular weight excluding hydrogens is 243 g/mol. The number of nitrogens with one attached hydrogen (secondary N) is 1. The molecule has 0 spiro atoms. The van der Waals surface area contributed by atoms with Crippen LogP contribution in [0.2, 0.25) is 0 Å². The second-order valence-corrected chi connectivity index (χ2v) is 4.39. The summed E-state index contributed by atoms with van der Waals surface area (Å²) in [4.78, 5) is 4.05. The van der Waals surface area contributed by atoms with Crippen LogP contribution in [0.3, 0.4) is 0 Å². The van der Waals surface area contributed by atoms with Gasteiger partial charge in [0.1, 0.15) is 5.82 Å². The van der Waals surface area contributed by atoms with Crippen LogP contribution in [0.15, 0.2) is 36.5 Å². The van der Waals surface area contributed by atoms with Crippen LogP contribution in [0.1, 0.15) is 16.7 Å². The highest BCUT2D eigenvalue weighted by atomic mass is 19.1. The van der Waals surface area contributed by atoms with Gasteiger partial charge < -0.3 is 10.1 Å². The van der Waals surface area contributed by atoms with Crippen molar-refractivity contribution in [1.29, 1.82) is 0 Å². The van der Waals surface area contributed by atoms with E-state index < -0.39 is 0 Å². The number of aromatic nitrogens is 1. The first-order chi connectivity index (χ1) is 9.19. The number of rotatable bonds is 5. The van der Waals surface area contributed by atoms with Crippen LogP contribution in [-0.2, 0) is 13.1 Å². The topological polar surface area (TPSA) is 34.1 Å². The van der Waals surface area contributed by atoms with Crippen LogP contribution in [0, 0.1) is 12.7 Å². The van der Waals surface area contributed by atoms with Gasteiger partial charge >= 0.3 is 0 Å². The Morgan fingerprint density at radius 1 is 1.16 bits per heavy atom. The van der Waals surface area contributed by atoms with Gasteiger partial charge in [0, 0.05) is 25.4 Å². The third-order valence-electron chi connectivity index (χ3n) is 2.90. The van der Waals surface area contributed by atoms with E-state index in [9.17, 15) is 4.39 Å². The van der Waals surface area contributed by atoms with Crippen molar-refractivity contribution in [3.63, 3.8) is 0 Å². The Kier molecular flexibility index (Phi) is 4.47. The van der Waals surface area contributed by atoms with E-state index in [0.717, 1.165) is 11.1 Å². The van der Waals surface area contributed by atoms with Gasteiger partial charge in [-0.1, -0.05) is 12.1 Å². The zero-order valence-electron chi connectivity index (χ0n) is 11.1. The molecule has 0 aliphatic rings. The lowest BCUT2D eigenvalue weighted by Gasteiger charge is -2.07. The third-order valence-corrected chi connectivity index (χ3v) is 2.90. The monoisotopic (exact) mass is 260 g/mol. The van der Waals surface area contributed by atoms with Crippen LogP contribution in [0.5, 0.6) is 5.88 Å². The Bertz CT molecular complexity index is 558. The van der Waals surface area contributed by atoms with Gasteiger partial charge in [0.15, 0.2) is 0 Å². The number of nitrogens with zero attached hydrogens (tertiary/aromatic N) is 1. The van der Waals surface area contributed by atoms with Crippen molar-refractivity contribution in [2.24, 2.45) is 0 Å². The van der Waals surface area contributed by atoms with Gasteiger partial charge in [-0.15, -0.1) is 0 Å². The van der Waals surface area contributed by atoms with Gasteiger partial charge in [0.25, 0.3) is 0 Å². The van der Waals surface area contributed by atoms with Gasteiger partial charge in [-0.25, -0.2) is 9.37 Å². The molecule has 1 aromatic carbocycles. The summed E-state index contributed by atoms with van der Waals surface area (Å²) >= 11 is 0. The molecule has 100 valence electrons. The summed E-state index contributed by atoms with van der Waals surface area (Å²) in [6.07, 6.45) is 1.71. The molecule has 0 radical (unpaired) electrons. The first-order valence-corrected chi connectivity index (χ1v) is 6.13. The number of ether oxygens (including phenoxy) is 1. The minimum Gasteiger partial charge on any atom is -0.481 e. The maximum Gasteiger partial charge on any atom is 0.213 e. The van der Waals surface area contributed by atoms with E-state index in [2.05, 4.69) is 10.3 Å². The van der Waals surface area contributed by atoms with Crippen molar-refractivity contribution in [3.8, 4) is 5.88 Å². The SMILES string of the molecule is COc1cc(CNCc2ccc(C)c(F)c2)ccn1. The fourth-order valence-corrected chi connectivity index (χ4v) is 1.77. The summed E-state index contributed by atoms with van der Waals surface area (Å²) in [5.41, 5.74) is 2.69. The molecule has 4 heteroatoms. The molecule has 0 aliphatic carbocycles. The Morgan fingerprint density at radius 3 is 2.58 bits per heavy atom. The average Bonchev–Trinajstić information content (AvgIpc) is 2.43. The molecule has 0 aliphatic heterocycles. The van der Waals surface area contributed by atoms with E-state index in [4.69, 9.17) is 4.74 Å². The molecule has 2 rings (SSSR count). The van der Waals surface area contributed by atoms with Crippen LogP contribution >= 0.6 is 0 Å². The van der Waals surface area contributed by atoms with E-state index in [0.29, 0.717) is 24.5 Å². The molecule has 0 bridgehead atoms. The minimum absolute atomic E-state index is 0.162. The van der Waals surface area contributed by atoms with Gasteiger partial charge in [-0.3, -0.25) is 0 Å². The van der Waals surface area contributed by atoms with Crippen LogP contribution in [0.4, 0.5) is 4.39 Å². The maximum absolute atomic E-state index is 13.4. The molecule has 0 unspecified atom stereocenters. The Labute approximate surface area is 112 Å². The number of methoxy groups -OCH3 is 1. The third kappa shape index (κ3) is 3.76. The van der Waals surface area contributed by atoms with Crippen molar-refractivity contribution >= 4 is 0 Å². The Hall–Kier alpha value is -1.94. The van der Waals surface area contributed by atoms with Crippen molar-refractivity contribution in [2.45, 2.75) is 20.0 Å². The molecule has 1 N–H and O–H groups in total. The quantitative estimate of drug-likeness (QED) is 0.897. The molecule has 2 aromatic rings. The fraction of sp³-hybridized carbons (Fsp3) is 0.267. The van der Waals surface area contributed by atoms with Crippen molar-refractivity contribution in [3.05, 3.63) is 59.0 Å². The van der Waals surface area contributed by atoms with Gasteiger partial charge in [-0.2, -0.15) is 0 Å². The first-order valence-electron chi connectivity index (χ1n) is 6.13. The molecule has 0 atom stereocenters. The Balaban J connectivity index is 1.90. The normalized spacial score (nSPS) is 10.5. The van der Waals surface area contributed by atoms with E-state index in [1.54, 1.807) is 32.4 Å². The number of aryl methyl sites for hydroxylation is 1. The number of hydrogen-bond donors (Lipinski definition) is 1. The van der Waals surface area contributed by atoms with Crippen molar-refractivity contribution in [2.75, 3.05) is 7.11 Å². The summed E-state index contributed by atoms with van der Waals surface area (Å²) in [6.45, 7) is 3.08. The lowest BCUT2D eigenvalue weighted by atomic mass is 10.1. The van der Waals surface area contributed by atoms with Gasteiger partial charge in [0.2, 0.25) is 5.88 Å². The predicted octanol–water partition coefficient (Wildman–Crippen LogP) is 2.83. The zero-order chi connectivity index (χ0) is 13.7. The molecule has 3 nitrogen and oxygen atoms in total. The highest BCUT2D eigenvalue weighted by Gasteiger charge is 2.00. The summed E-state index contributed by atoms with van der Waals surface area (Å²) in [5.74, 6) is 0.436. The summed E-state index contributed by atoms with van der Waals surface area (Å²) in [7, 11) is 1.59. The summed E-state index contributed by atoms with van der Waals surface area (Å²) in [5, 5.41) is 3.27. The average molecular weight is 260 g/mol. The second-order valence-electron chi connectivity index (χ2n) is 4.39. The number of benzene rings is 1. The van der Waals surface area contributed by atoms with E-state index in [1.165, 1.54) is 0 Å². The number of hydrogen-bond acceptors (Lipinski definition) is 3. The predicted molar refractivity (Wildman–Crippen MR) is 72.5 cm³/mol. The van der Waals surface area contributed by atoms with E-state index in [1.807, 2.05) is 18.2 Å². The minimum atomic E-state index is -0.162. The van der Waals surface area contributed by atoms with E-state index in [-0.39, 0.29) is 5.82 Å². The fourth-order valence-electron chi connectivity index (χ4n) is 1.77. The molecular formula is C15H17FN2O. The van der Waals surface area contributed by atoms with Crippen molar-refractivity contribution in [1.82, 2.24) is 10.3 Å². The highest BCUT2D eigenvalue weighted by molar-refractivity contribution is 5.24. The number of halogens is 1. The number of pyridine rings is 1. The van der Waals surface area contributed by atoms with Crippen LogP contribution in [0.25, 0.3) is 0 Å². The molecule has 1 aromatic heterocycles. The van der Waals surface area contributed by atoms with Gasteiger partial charge in [-0.05, 0) is 35.7 Å². The molecule has 1 heterocycles. The lowest BCUT2D eigenvalue weighted by Crippen LogP contribution is -2.13. The molecule has 0 amide bonds. The largest absolute Gasteiger partial charge is 0.481 e. The zero-order valence-corrected chi connectivity index (χ0v) is 11.1. The second kappa shape index (κ2) is 6.29. The molecule has 0 saturated heterocycles. The van der Waals surface area contributed by atoms with Crippen LogP contribution < -0.4 is 10.1 Å². The molecule has 19 heavy (non-hydrogen) atoms.